The van der Waals surface area contributed by atoms with Crippen molar-refractivity contribution in [2.75, 3.05) is 13.7 Å². The molecule has 0 aliphatic carbocycles. The summed E-state index contributed by atoms with van der Waals surface area (Å²) in [5.74, 6) is 0.777. The molecule has 0 saturated heterocycles. The number of amides is 1. The van der Waals surface area contributed by atoms with Crippen LogP contribution in [0.1, 0.15) is 25.3 Å². The highest BCUT2D eigenvalue weighted by Gasteiger charge is 2.14. The zero-order valence-corrected chi connectivity index (χ0v) is 11.6. The molecule has 1 N–H and O–H groups in total. The first-order valence-electron chi connectivity index (χ1n) is 6.51. The Hall–Kier alpha value is -2.03. The maximum absolute atomic E-state index is 11.8. The molecule has 0 radical (unpaired) electrons. The zero-order valence-electron chi connectivity index (χ0n) is 11.6. The lowest BCUT2D eigenvalue weighted by Crippen LogP contribution is -2.27. The summed E-state index contributed by atoms with van der Waals surface area (Å²) < 4.78 is 5.21. The molecule has 0 fully saturated rings. The standard InChI is InChI=1S/C16H19NO2/c1-4-17-16(18)11(2)12-5-6-14-10-15(19-3)8-7-13(14)9-12/h5-11H,4H2,1-3H3,(H,17,18)/t11-/m0/s1. The van der Waals surface area contributed by atoms with E-state index in [1.807, 2.05) is 44.2 Å². The average Bonchev–Trinajstić information content (AvgIpc) is 2.45. The number of benzene rings is 2. The lowest BCUT2D eigenvalue weighted by molar-refractivity contribution is -0.122. The van der Waals surface area contributed by atoms with Crippen molar-refractivity contribution < 1.29 is 9.53 Å². The quantitative estimate of drug-likeness (QED) is 0.914. The minimum absolute atomic E-state index is 0.0651. The van der Waals surface area contributed by atoms with Gasteiger partial charge in [-0.05, 0) is 42.3 Å². The van der Waals surface area contributed by atoms with Gasteiger partial charge in [-0.3, -0.25) is 4.79 Å². The first-order chi connectivity index (χ1) is 9.15. The second kappa shape index (κ2) is 5.74. The number of rotatable bonds is 4. The molecule has 0 bridgehead atoms. The van der Waals surface area contributed by atoms with Gasteiger partial charge in [0.05, 0.1) is 13.0 Å². The average molecular weight is 257 g/mol. The van der Waals surface area contributed by atoms with Gasteiger partial charge < -0.3 is 10.1 Å². The number of carbonyl (C=O) groups excluding carboxylic acids is 1. The first kappa shape index (κ1) is 13.4. The Kier molecular flexibility index (Phi) is 4.05. The summed E-state index contributed by atoms with van der Waals surface area (Å²) in [6, 6.07) is 12.0. The molecule has 19 heavy (non-hydrogen) atoms. The van der Waals surface area contributed by atoms with E-state index < -0.39 is 0 Å². The van der Waals surface area contributed by atoms with E-state index >= 15 is 0 Å². The van der Waals surface area contributed by atoms with E-state index in [1.54, 1.807) is 7.11 Å². The van der Waals surface area contributed by atoms with Gasteiger partial charge in [0, 0.05) is 6.54 Å². The number of hydrogen-bond acceptors (Lipinski definition) is 2. The second-order valence-corrected chi connectivity index (χ2v) is 4.59. The molecule has 3 heteroatoms. The van der Waals surface area contributed by atoms with Gasteiger partial charge in [0.25, 0.3) is 0 Å². The van der Waals surface area contributed by atoms with Crippen molar-refractivity contribution in [2.24, 2.45) is 0 Å². The largest absolute Gasteiger partial charge is 0.497 e. The molecule has 0 saturated carbocycles. The number of nitrogens with one attached hydrogen (secondary N) is 1. The van der Waals surface area contributed by atoms with E-state index in [9.17, 15) is 4.79 Å². The Bertz CT molecular complexity index is 592. The van der Waals surface area contributed by atoms with Crippen molar-refractivity contribution in [3.05, 3.63) is 42.0 Å². The van der Waals surface area contributed by atoms with Gasteiger partial charge in [-0.1, -0.05) is 24.3 Å². The molecule has 1 atom stereocenters. The van der Waals surface area contributed by atoms with E-state index in [-0.39, 0.29) is 11.8 Å². The summed E-state index contributed by atoms with van der Waals surface area (Å²) in [4.78, 5) is 11.8. The SMILES string of the molecule is CCNC(=O)[C@@H](C)c1ccc2cc(OC)ccc2c1. The molecule has 2 aromatic carbocycles. The first-order valence-corrected chi connectivity index (χ1v) is 6.51. The molecule has 2 rings (SSSR count). The third-order valence-corrected chi connectivity index (χ3v) is 3.32. The number of ether oxygens (including phenoxy) is 1. The van der Waals surface area contributed by atoms with Gasteiger partial charge in [-0.15, -0.1) is 0 Å². The molecule has 0 unspecified atom stereocenters. The normalized spacial score (nSPS) is 12.2. The fourth-order valence-corrected chi connectivity index (χ4v) is 2.12. The summed E-state index contributed by atoms with van der Waals surface area (Å²) in [7, 11) is 1.66. The van der Waals surface area contributed by atoms with Gasteiger partial charge in [0.15, 0.2) is 0 Å². The van der Waals surface area contributed by atoms with Gasteiger partial charge in [0.2, 0.25) is 5.91 Å². The topological polar surface area (TPSA) is 38.3 Å². The Morgan fingerprint density at radius 3 is 2.58 bits per heavy atom. The van der Waals surface area contributed by atoms with Crippen LogP contribution in [0.4, 0.5) is 0 Å². The molecule has 3 nitrogen and oxygen atoms in total. The second-order valence-electron chi connectivity index (χ2n) is 4.59. The van der Waals surface area contributed by atoms with Crippen molar-refractivity contribution >= 4 is 16.7 Å². The number of hydrogen-bond donors (Lipinski definition) is 1. The maximum Gasteiger partial charge on any atom is 0.227 e. The van der Waals surface area contributed by atoms with Crippen LogP contribution >= 0.6 is 0 Å². The predicted octanol–water partition coefficient (Wildman–Crippen LogP) is 3.09. The fraction of sp³-hybridized carbons (Fsp3) is 0.312. The van der Waals surface area contributed by atoms with Gasteiger partial charge >= 0.3 is 0 Å². The highest BCUT2D eigenvalue weighted by Crippen LogP contribution is 2.25. The van der Waals surface area contributed by atoms with Crippen LogP contribution in [0.15, 0.2) is 36.4 Å². The zero-order chi connectivity index (χ0) is 13.8. The van der Waals surface area contributed by atoms with Crippen LogP contribution in [0.3, 0.4) is 0 Å². The minimum atomic E-state index is -0.133. The van der Waals surface area contributed by atoms with Crippen molar-refractivity contribution in [1.29, 1.82) is 0 Å². The Balaban J connectivity index is 2.33. The Morgan fingerprint density at radius 1 is 1.21 bits per heavy atom. The molecule has 0 aromatic heterocycles. The van der Waals surface area contributed by atoms with E-state index in [4.69, 9.17) is 4.74 Å². The molecule has 1 amide bonds. The Morgan fingerprint density at radius 2 is 1.89 bits per heavy atom. The number of fused-ring (bicyclic) bond motifs is 1. The van der Waals surface area contributed by atoms with Crippen LogP contribution in [0.25, 0.3) is 10.8 Å². The van der Waals surface area contributed by atoms with Crippen LogP contribution in [0, 0.1) is 0 Å². The van der Waals surface area contributed by atoms with E-state index in [0.717, 1.165) is 22.1 Å². The molecular formula is C16H19NO2. The van der Waals surface area contributed by atoms with Gasteiger partial charge in [-0.2, -0.15) is 0 Å². The monoisotopic (exact) mass is 257 g/mol. The summed E-state index contributed by atoms with van der Waals surface area (Å²) in [5.41, 5.74) is 1.03. The molecule has 100 valence electrons. The molecule has 2 aromatic rings. The molecule has 0 spiro atoms. The highest BCUT2D eigenvalue weighted by atomic mass is 16.5. The summed E-state index contributed by atoms with van der Waals surface area (Å²) >= 11 is 0. The van der Waals surface area contributed by atoms with Gasteiger partial charge in [-0.25, -0.2) is 0 Å². The number of carbonyl (C=O) groups is 1. The van der Waals surface area contributed by atoms with Crippen molar-refractivity contribution in [2.45, 2.75) is 19.8 Å². The van der Waals surface area contributed by atoms with Crippen molar-refractivity contribution in [3.63, 3.8) is 0 Å². The van der Waals surface area contributed by atoms with E-state index in [2.05, 4.69) is 11.4 Å². The van der Waals surface area contributed by atoms with Crippen LogP contribution in [-0.2, 0) is 4.79 Å². The predicted molar refractivity (Wildman–Crippen MR) is 77.6 cm³/mol. The smallest absolute Gasteiger partial charge is 0.227 e. The van der Waals surface area contributed by atoms with Crippen molar-refractivity contribution in [1.82, 2.24) is 5.32 Å². The van der Waals surface area contributed by atoms with E-state index in [1.165, 1.54) is 0 Å². The number of methoxy groups -OCH3 is 1. The molecule has 0 aliphatic rings. The molecule has 0 heterocycles. The van der Waals surface area contributed by atoms with Crippen LogP contribution in [-0.4, -0.2) is 19.6 Å². The third kappa shape index (κ3) is 2.87. The fourth-order valence-electron chi connectivity index (χ4n) is 2.12. The lowest BCUT2D eigenvalue weighted by Gasteiger charge is -2.12. The summed E-state index contributed by atoms with van der Waals surface area (Å²) in [6.45, 7) is 4.51. The molecular weight excluding hydrogens is 238 g/mol. The minimum Gasteiger partial charge on any atom is -0.497 e. The third-order valence-electron chi connectivity index (χ3n) is 3.32. The van der Waals surface area contributed by atoms with Crippen LogP contribution in [0.5, 0.6) is 5.75 Å². The maximum atomic E-state index is 11.8. The van der Waals surface area contributed by atoms with Crippen molar-refractivity contribution in [3.8, 4) is 5.75 Å². The van der Waals surface area contributed by atoms with Crippen LogP contribution in [0.2, 0.25) is 0 Å². The summed E-state index contributed by atoms with van der Waals surface area (Å²) in [6.07, 6.45) is 0. The van der Waals surface area contributed by atoms with Crippen LogP contribution < -0.4 is 10.1 Å². The number of likely N-dealkylation sites (N-methyl/N-ethyl adjacent to an activating group) is 1. The highest BCUT2D eigenvalue weighted by molar-refractivity contribution is 5.88. The van der Waals surface area contributed by atoms with E-state index in [0.29, 0.717) is 6.54 Å². The van der Waals surface area contributed by atoms with Gasteiger partial charge in [0.1, 0.15) is 5.75 Å². The molecule has 0 aliphatic heterocycles. The lowest BCUT2D eigenvalue weighted by atomic mass is 9.97. The Labute approximate surface area is 113 Å². The summed E-state index contributed by atoms with van der Waals surface area (Å²) in [5, 5.41) is 5.09.